The molecule has 1 unspecified atom stereocenters. The fraction of sp³-hybridized carbons (Fsp3) is 0.727. The summed E-state index contributed by atoms with van der Waals surface area (Å²) >= 11 is 5.37. The Balaban J connectivity index is 2.66. The minimum absolute atomic E-state index is 0.350. The van der Waals surface area contributed by atoms with Gasteiger partial charge in [-0.15, -0.1) is 11.3 Å². The van der Waals surface area contributed by atoms with Crippen molar-refractivity contribution in [1.29, 1.82) is 0 Å². The van der Waals surface area contributed by atoms with Gasteiger partial charge >= 0.3 is 0 Å². The van der Waals surface area contributed by atoms with Crippen molar-refractivity contribution in [2.24, 2.45) is 11.3 Å². The van der Waals surface area contributed by atoms with E-state index in [2.05, 4.69) is 54.0 Å². The molecule has 0 radical (unpaired) electrons. The maximum absolute atomic E-state index is 4.51. The summed E-state index contributed by atoms with van der Waals surface area (Å²) in [7, 11) is 0. The Labute approximate surface area is 99.1 Å². The van der Waals surface area contributed by atoms with E-state index in [1.54, 1.807) is 11.3 Å². The molecule has 0 bridgehead atoms. The zero-order valence-electron chi connectivity index (χ0n) is 9.30. The smallest absolute Gasteiger partial charge is 0.0931 e. The van der Waals surface area contributed by atoms with Gasteiger partial charge < -0.3 is 0 Å². The van der Waals surface area contributed by atoms with Gasteiger partial charge in [0.2, 0.25) is 0 Å². The molecule has 14 heavy (non-hydrogen) atoms. The van der Waals surface area contributed by atoms with Gasteiger partial charge in [0.1, 0.15) is 0 Å². The van der Waals surface area contributed by atoms with Gasteiger partial charge in [0.25, 0.3) is 0 Å². The third-order valence-corrected chi connectivity index (χ3v) is 4.27. The van der Waals surface area contributed by atoms with E-state index in [4.69, 9.17) is 0 Å². The molecule has 0 amide bonds. The number of hydrogen-bond acceptors (Lipinski definition) is 2. The maximum atomic E-state index is 4.51. The normalized spacial score (nSPS) is 14.4. The summed E-state index contributed by atoms with van der Waals surface area (Å²) in [6, 6.07) is 0. The molecule has 0 spiro atoms. The van der Waals surface area contributed by atoms with Crippen molar-refractivity contribution >= 4 is 27.3 Å². The largest absolute Gasteiger partial charge is 0.247 e. The minimum atomic E-state index is 0.350. The van der Waals surface area contributed by atoms with E-state index in [1.807, 2.05) is 0 Å². The lowest BCUT2D eigenvalue weighted by Crippen LogP contribution is -2.23. The molecule has 0 N–H and O–H groups in total. The van der Waals surface area contributed by atoms with E-state index in [0.29, 0.717) is 11.3 Å². The summed E-state index contributed by atoms with van der Waals surface area (Å²) < 4.78 is 0. The lowest BCUT2D eigenvalue weighted by Gasteiger charge is -2.28. The van der Waals surface area contributed by atoms with Crippen LogP contribution < -0.4 is 0 Å². The van der Waals surface area contributed by atoms with Crippen LogP contribution in [-0.4, -0.2) is 10.3 Å². The van der Waals surface area contributed by atoms with Crippen LogP contribution in [0.15, 0.2) is 5.38 Å². The predicted octanol–water partition coefficient (Wildman–Crippen LogP) is 4.05. The van der Waals surface area contributed by atoms with E-state index < -0.39 is 0 Å². The average molecular weight is 276 g/mol. The summed E-state index contributed by atoms with van der Waals surface area (Å²) in [6.45, 7) is 8.93. The molecule has 3 heteroatoms. The summed E-state index contributed by atoms with van der Waals surface area (Å²) in [4.78, 5) is 4.51. The number of hydrogen-bond donors (Lipinski definition) is 0. The Morgan fingerprint density at radius 2 is 2.14 bits per heavy atom. The number of nitrogens with zero attached hydrogens (tertiary/aromatic N) is 1. The summed E-state index contributed by atoms with van der Waals surface area (Å²) in [6.07, 6.45) is 1.09. The van der Waals surface area contributed by atoms with Gasteiger partial charge in [-0.2, -0.15) is 0 Å². The van der Waals surface area contributed by atoms with Crippen molar-refractivity contribution in [1.82, 2.24) is 4.98 Å². The number of aromatic nitrogens is 1. The van der Waals surface area contributed by atoms with E-state index in [1.165, 1.54) is 5.01 Å². The standard InChI is InChI=1S/C11H18BrNS/c1-8-7-14-10(13-8)5-9(6-12)11(2,3)4/h7,9H,5-6H2,1-4H3. The molecule has 0 saturated heterocycles. The number of halogens is 1. The first-order valence-corrected chi connectivity index (χ1v) is 6.90. The van der Waals surface area contributed by atoms with E-state index in [-0.39, 0.29) is 0 Å². The molecule has 0 aromatic carbocycles. The number of aryl methyl sites for hydroxylation is 1. The first-order chi connectivity index (χ1) is 6.43. The van der Waals surface area contributed by atoms with Gasteiger partial charge in [-0.25, -0.2) is 4.98 Å². The molecule has 1 aromatic heterocycles. The average Bonchev–Trinajstić information content (AvgIpc) is 2.45. The van der Waals surface area contributed by atoms with Crippen LogP contribution in [-0.2, 0) is 6.42 Å². The zero-order valence-corrected chi connectivity index (χ0v) is 11.7. The third kappa shape index (κ3) is 3.35. The van der Waals surface area contributed by atoms with E-state index in [9.17, 15) is 0 Å². The molecule has 0 saturated carbocycles. The van der Waals surface area contributed by atoms with Crippen LogP contribution >= 0.6 is 27.3 Å². The zero-order chi connectivity index (χ0) is 10.8. The van der Waals surface area contributed by atoms with Crippen LogP contribution in [0, 0.1) is 18.3 Å². The molecular formula is C11H18BrNS. The molecule has 1 heterocycles. The Kier molecular flexibility index (Phi) is 4.14. The highest BCUT2D eigenvalue weighted by Crippen LogP contribution is 2.31. The lowest BCUT2D eigenvalue weighted by molar-refractivity contribution is 0.266. The van der Waals surface area contributed by atoms with Crippen molar-refractivity contribution in [2.45, 2.75) is 34.1 Å². The van der Waals surface area contributed by atoms with Crippen molar-refractivity contribution in [3.63, 3.8) is 0 Å². The summed E-state index contributed by atoms with van der Waals surface area (Å²) in [5.41, 5.74) is 1.50. The lowest BCUT2D eigenvalue weighted by atomic mass is 9.80. The monoisotopic (exact) mass is 275 g/mol. The van der Waals surface area contributed by atoms with Crippen molar-refractivity contribution in [3.8, 4) is 0 Å². The van der Waals surface area contributed by atoms with Gasteiger partial charge in [-0.1, -0.05) is 36.7 Å². The quantitative estimate of drug-likeness (QED) is 0.759. The highest BCUT2D eigenvalue weighted by Gasteiger charge is 2.24. The Bertz CT molecular complexity index is 288. The molecule has 0 fully saturated rings. The minimum Gasteiger partial charge on any atom is -0.247 e. The van der Waals surface area contributed by atoms with Crippen LogP contribution in [0.3, 0.4) is 0 Å². The van der Waals surface area contributed by atoms with Gasteiger partial charge in [0.05, 0.1) is 5.01 Å². The van der Waals surface area contributed by atoms with E-state index in [0.717, 1.165) is 17.4 Å². The highest BCUT2D eigenvalue weighted by molar-refractivity contribution is 9.09. The number of rotatable bonds is 3. The second kappa shape index (κ2) is 4.75. The van der Waals surface area contributed by atoms with Gasteiger partial charge in [0, 0.05) is 22.8 Å². The second-order valence-corrected chi connectivity index (χ2v) is 6.39. The maximum Gasteiger partial charge on any atom is 0.0931 e. The third-order valence-electron chi connectivity index (χ3n) is 2.50. The first kappa shape index (κ1) is 12.2. The molecule has 1 nitrogen and oxygen atoms in total. The fourth-order valence-corrected chi connectivity index (χ4v) is 3.35. The molecule has 1 rings (SSSR count). The molecule has 0 aliphatic heterocycles. The second-order valence-electron chi connectivity index (χ2n) is 4.80. The summed E-state index contributed by atoms with van der Waals surface area (Å²) in [5, 5.41) is 4.44. The molecule has 0 aliphatic rings. The Morgan fingerprint density at radius 3 is 2.50 bits per heavy atom. The van der Waals surface area contributed by atoms with Gasteiger partial charge in [-0.3, -0.25) is 0 Å². The van der Waals surface area contributed by atoms with Gasteiger partial charge in [0.15, 0.2) is 0 Å². The van der Waals surface area contributed by atoms with Crippen molar-refractivity contribution in [2.75, 3.05) is 5.33 Å². The predicted molar refractivity (Wildman–Crippen MR) is 67.3 cm³/mol. The van der Waals surface area contributed by atoms with Crippen LogP contribution in [0.25, 0.3) is 0 Å². The van der Waals surface area contributed by atoms with Gasteiger partial charge in [-0.05, 0) is 18.3 Å². The first-order valence-electron chi connectivity index (χ1n) is 4.90. The van der Waals surface area contributed by atoms with Crippen LogP contribution in [0.2, 0.25) is 0 Å². The Hall–Kier alpha value is 0.110. The van der Waals surface area contributed by atoms with E-state index >= 15 is 0 Å². The van der Waals surface area contributed by atoms with Crippen molar-refractivity contribution < 1.29 is 0 Å². The van der Waals surface area contributed by atoms with Crippen LogP contribution in [0.5, 0.6) is 0 Å². The molecule has 0 aliphatic carbocycles. The summed E-state index contributed by atoms with van der Waals surface area (Å²) in [5.74, 6) is 0.660. The van der Waals surface area contributed by atoms with Crippen LogP contribution in [0.4, 0.5) is 0 Å². The topological polar surface area (TPSA) is 12.9 Å². The molecule has 1 atom stereocenters. The highest BCUT2D eigenvalue weighted by atomic mass is 79.9. The molecular weight excluding hydrogens is 258 g/mol. The van der Waals surface area contributed by atoms with Crippen molar-refractivity contribution in [3.05, 3.63) is 16.1 Å². The molecule has 1 aromatic rings. The Morgan fingerprint density at radius 1 is 1.50 bits per heavy atom. The van der Waals surface area contributed by atoms with Crippen LogP contribution in [0.1, 0.15) is 31.5 Å². The number of alkyl halides is 1. The number of thiazole rings is 1. The molecule has 80 valence electrons. The SMILES string of the molecule is Cc1csc(CC(CBr)C(C)(C)C)n1. The fourth-order valence-electron chi connectivity index (χ4n) is 1.30.